The monoisotopic (exact) mass is 284 g/mol. The largest absolute Gasteiger partial charge is 0.497 e. The van der Waals surface area contributed by atoms with Gasteiger partial charge in [0.05, 0.1) is 7.11 Å². The van der Waals surface area contributed by atoms with Crippen molar-refractivity contribution in [2.45, 2.75) is 18.9 Å². The first-order chi connectivity index (χ1) is 10.2. The Morgan fingerprint density at radius 1 is 1.33 bits per heavy atom. The van der Waals surface area contributed by atoms with Crippen molar-refractivity contribution < 1.29 is 9.53 Å². The van der Waals surface area contributed by atoms with Gasteiger partial charge in [0.25, 0.3) is 5.91 Å². The minimum absolute atomic E-state index is 0.274. The summed E-state index contributed by atoms with van der Waals surface area (Å²) in [6, 6.07) is 9.22. The number of nitrogens with zero attached hydrogens (tertiary/aromatic N) is 2. The van der Waals surface area contributed by atoms with E-state index in [1.807, 2.05) is 12.1 Å². The molecule has 0 radical (unpaired) electrons. The van der Waals surface area contributed by atoms with E-state index in [4.69, 9.17) is 4.74 Å². The van der Waals surface area contributed by atoms with Crippen LogP contribution in [-0.2, 0) is 0 Å². The number of nitrogens with one attached hydrogen (secondary N) is 2. The van der Waals surface area contributed by atoms with Gasteiger partial charge in [-0.15, -0.1) is 0 Å². The summed E-state index contributed by atoms with van der Waals surface area (Å²) >= 11 is 0. The van der Waals surface area contributed by atoms with Crippen molar-refractivity contribution in [1.82, 2.24) is 9.97 Å². The lowest BCUT2D eigenvalue weighted by Crippen LogP contribution is -2.15. The first-order valence-electron chi connectivity index (χ1n) is 6.79. The van der Waals surface area contributed by atoms with Crippen LogP contribution in [0.25, 0.3) is 0 Å². The van der Waals surface area contributed by atoms with Gasteiger partial charge in [0.15, 0.2) is 0 Å². The van der Waals surface area contributed by atoms with Gasteiger partial charge in [-0.05, 0) is 31.0 Å². The molecule has 6 nitrogen and oxygen atoms in total. The van der Waals surface area contributed by atoms with Crippen molar-refractivity contribution in [2.75, 3.05) is 17.7 Å². The Morgan fingerprint density at radius 2 is 2.19 bits per heavy atom. The second kappa shape index (κ2) is 5.78. The number of anilines is 2. The topological polar surface area (TPSA) is 76.1 Å². The summed E-state index contributed by atoms with van der Waals surface area (Å²) in [6.07, 6.45) is 3.84. The molecule has 0 spiro atoms. The molecule has 2 N–H and O–H groups in total. The number of methoxy groups -OCH3 is 1. The van der Waals surface area contributed by atoms with Gasteiger partial charge in [-0.2, -0.15) is 0 Å². The molecule has 1 aliphatic rings. The maximum Gasteiger partial charge on any atom is 0.274 e. The number of carbonyl (C=O) groups excluding carboxylic acids is 1. The standard InChI is InChI=1S/C15H16N4O2/c1-21-12-4-2-3-11(9-12)17-14(20)13-7-8-16-15(19-13)18-10-5-6-10/h2-4,7-10H,5-6H2,1H3,(H,17,20)(H,16,18,19). The van der Waals surface area contributed by atoms with Crippen LogP contribution in [0.2, 0.25) is 0 Å². The lowest BCUT2D eigenvalue weighted by molar-refractivity contribution is 0.102. The Morgan fingerprint density at radius 3 is 2.95 bits per heavy atom. The second-order valence-electron chi connectivity index (χ2n) is 4.87. The summed E-state index contributed by atoms with van der Waals surface area (Å²) in [5.74, 6) is 0.909. The van der Waals surface area contributed by atoms with Crippen molar-refractivity contribution in [3.8, 4) is 5.75 Å². The van der Waals surface area contributed by atoms with Gasteiger partial charge in [-0.1, -0.05) is 6.07 Å². The maximum absolute atomic E-state index is 12.2. The van der Waals surface area contributed by atoms with Gasteiger partial charge < -0.3 is 15.4 Å². The third-order valence-electron chi connectivity index (χ3n) is 3.13. The normalized spacial score (nSPS) is 13.6. The average Bonchev–Trinajstić information content (AvgIpc) is 3.31. The van der Waals surface area contributed by atoms with Crippen LogP contribution in [0.5, 0.6) is 5.75 Å². The zero-order valence-corrected chi connectivity index (χ0v) is 11.7. The maximum atomic E-state index is 12.2. The Labute approximate surface area is 122 Å². The minimum atomic E-state index is -0.274. The average molecular weight is 284 g/mol. The first kappa shape index (κ1) is 13.4. The van der Waals surface area contributed by atoms with E-state index in [9.17, 15) is 4.79 Å². The Hall–Kier alpha value is -2.63. The Kier molecular flexibility index (Phi) is 3.68. The second-order valence-corrected chi connectivity index (χ2v) is 4.87. The highest BCUT2D eigenvalue weighted by Crippen LogP contribution is 2.23. The predicted molar refractivity (Wildman–Crippen MR) is 79.6 cm³/mol. The first-order valence-corrected chi connectivity index (χ1v) is 6.79. The molecule has 1 amide bonds. The fourth-order valence-electron chi connectivity index (χ4n) is 1.86. The Bertz CT molecular complexity index is 656. The minimum Gasteiger partial charge on any atom is -0.497 e. The predicted octanol–water partition coefficient (Wildman–Crippen LogP) is 2.31. The number of rotatable bonds is 5. The van der Waals surface area contributed by atoms with Gasteiger partial charge >= 0.3 is 0 Å². The molecule has 2 aromatic rings. The summed E-state index contributed by atoms with van der Waals surface area (Å²) in [7, 11) is 1.58. The van der Waals surface area contributed by atoms with Crippen molar-refractivity contribution in [3.63, 3.8) is 0 Å². The molecule has 1 fully saturated rings. The van der Waals surface area contributed by atoms with E-state index in [0.717, 1.165) is 12.8 Å². The molecule has 1 aromatic heterocycles. The third kappa shape index (κ3) is 3.47. The molecule has 0 bridgehead atoms. The van der Waals surface area contributed by atoms with Gasteiger partial charge in [0, 0.05) is 24.0 Å². The molecule has 0 saturated heterocycles. The SMILES string of the molecule is COc1cccc(NC(=O)c2ccnc(NC3CC3)n2)c1. The van der Waals surface area contributed by atoms with Crippen molar-refractivity contribution in [2.24, 2.45) is 0 Å². The number of hydrogen-bond acceptors (Lipinski definition) is 5. The third-order valence-corrected chi connectivity index (χ3v) is 3.13. The molecule has 1 aliphatic carbocycles. The van der Waals surface area contributed by atoms with E-state index in [1.54, 1.807) is 31.5 Å². The molecular formula is C15H16N4O2. The van der Waals surface area contributed by atoms with Crippen LogP contribution in [-0.4, -0.2) is 29.0 Å². The molecule has 0 atom stereocenters. The number of ether oxygens (including phenoxy) is 1. The zero-order valence-electron chi connectivity index (χ0n) is 11.7. The molecule has 0 unspecified atom stereocenters. The van der Waals surface area contributed by atoms with E-state index in [-0.39, 0.29) is 5.91 Å². The van der Waals surface area contributed by atoms with Crippen LogP contribution < -0.4 is 15.4 Å². The van der Waals surface area contributed by atoms with Crippen LogP contribution in [0.4, 0.5) is 11.6 Å². The lowest BCUT2D eigenvalue weighted by Gasteiger charge is -2.07. The van der Waals surface area contributed by atoms with Gasteiger partial charge in [-0.3, -0.25) is 4.79 Å². The van der Waals surface area contributed by atoms with E-state index in [0.29, 0.717) is 29.1 Å². The van der Waals surface area contributed by atoms with Gasteiger partial charge in [-0.25, -0.2) is 9.97 Å². The fraction of sp³-hybridized carbons (Fsp3) is 0.267. The van der Waals surface area contributed by atoms with Crippen LogP contribution in [0, 0.1) is 0 Å². The molecule has 1 heterocycles. The smallest absolute Gasteiger partial charge is 0.274 e. The summed E-state index contributed by atoms with van der Waals surface area (Å²) in [6.45, 7) is 0. The van der Waals surface area contributed by atoms with Crippen LogP contribution in [0.3, 0.4) is 0 Å². The quantitative estimate of drug-likeness (QED) is 0.881. The molecular weight excluding hydrogens is 268 g/mol. The molecule has 3 rings (SSSR count). The summed E-state index contributed by atoms with van der Waals surface area (Å²) in [5.41, 5.74) is 0.991. The molecule has 1 saturated carbocycles. The highest BCUT2D eigenvalue weighted by atomic mass is 16.5. The van der Waals surface area contributed by atoms with E-state index in [1.165, 1.54) is 0 Å². The fourth-order valence-corrected chi connectivity index (χ4v) is 1.86. The number of benzene rings is 1. The number of hydrogen-bond donors (Lipinski definition) is 2. The highest BCUT2D eigenvalue weighted by Gasteiger charge is 2.22. The van der Waals surface area contributed by atoms with Gasteiger partial charge in [0.2, 0.25) is 5.95 Å². The van der Waals surface area contributed by atoms with Crippen molar-refractivity contribution >= 4 is 17.5 Å². The molecule has 108 valence electrons. The molecule has 1 aromatic carbocycles. The molecule has 0 aliphatic heterocycles. The van der Waals surface area contributed by atoms with E-state index >= 15 is 0 Å². The number of carbonyl (C=O) groups is 1. The molecule has 6 heteroatoms. The van der Waals surface area contributed by atoms with Crippen molar-refractivity contribution in [1.29, 1.82) is 0 Å². The van der Waals surface area contributed by atoms with E-state index < -0.39 is 0 Å². The number of amides is 1. The summed E-state index contributed by atoms with van der Waals surface area (Å²) < 4.78 is 5.12. The molecule has 21 heavy (non-hydrogen) atoms. The van der Waals surface area contributed by atoms with Gasteiger partial charge in [0.1, 0.15) is 11.4 Å². The highest BCUT2D eigenvalue weighted by molar-refractivity contribution is 6.03. The summed E-state index contributed by atoms with van der Waals surface area (Å²) in [4.78, 5) is 20.5. The van der Waals surface area contributed by atoms with Crippen LogP contribution in [0.15, 0.2) is 36.5 Å². The van der Waals surface area contributed by atoms with Crippen LogP contribution in [0.1, 0.15) is 23.3 Å². The van der Waals surface area contributed by atoms with Crippen LogP contribution >= 0.6 is 0 Å². The van der Waals surface area contributed by atoms with Crippen molar-refractivity contribution in [3.05, 3.63) is 42.2 Å². The lowest BCUT2D eigenvalue weighted by atomic mass is 10.3. The number of aromatic nitrogens is 2. The summed E-state index contributed by atoms with van der Waals surface area (Å²) in [5, 5.41) is 5.96. The Balaban J connectivity index is 1.71. The van der Waals surface area contributed by atoms with E-state index in [2.05, 4.69) is 20.6 Å². The zero-order chi connectivity index (χ0) is 14.7.